The highest BCUT2D eigenvalue weighted by Gasteiger charge is 2.82. The van der Waals surface area contributed by atoms with Gasteiger partial charge in [0.15, 0.2) is 11.6 Å². The lowest BCUT2D eigenvalue weighted by Gasteiger charge is -2.55. The van der Waals surface area contributed by atoms with Crippen molar-refractivity contribution in [3.63, 3.8) is 0 Å². The molecule has 14 nitrogen and oxygen atoms in total. The molecule has 8 aliphatic rings. The molecule has 110 heavy (non-hydrogen) atoms. The first-order valence-corrected chi connectivity index (χ1v) is 38.6. The maximum absolute atomic E-state index is 16.7. The first-order valence-electron chi connectivity index (χ1n) is 37.1. The standard InChI is InChI=1S/2C43H36Cl2N4O3.C6H6/c2*1-48-25-32(29-16-7-3-8-17-29)41(43(48)31-20-11-12-23-35(31)46-40(43)51)26-49(24-28-14-5-2-6-15-28)27-42(39(41)50)37(30-18-9-4-10-19-30)38(47-52-42)36-33(44)21-13-22-34(36)45;1-2-4-6-5-3-1/h2*2-23,32,37H,24-27H2,1H3,(H,46,51);1-6H/t2*32-,37+,41+,42+,43+;/m10./s1. The van der Waals surface area contributed by atoms with Gasteiger partial charge in [0.25, 0.3) is 11.8 Å². The van der Waals surface area contributed by atoms with Crippen LogP contribution in [0.5, 0.6) is 0 Å². The van der Waals surface area contributed by atoms with Crippen LogP contribution in [0.4, 0.5) is 11.4 Å². The molecule has 18 heteroatoms. The van der Waals surface area contributed by atoms with E-state index in [2.05, 4.69) is 78.8 Å². The number of Topliss-reactive ketones (excluding diaryl/α,β-unsaturated/α-hetero) is 2. The van der Waals surface area contributed by atoms with Crippen molar-refractivity contribution in [2.75, 3.05) is 64.0 Å². The van der Waals surface area contributed by atoms with E-state index in [1.807, 2.05) is 232 Å². The third kappa shape index (κ3) is 11.3. The van der Waals surface area contributed by atoms with E-state index in [4.69, 9.17) is 66.4 Å². The summed E-state index contributed by atoms with van der Waals surface area (Å²) in [7, 11) is 3.94. The topological polar surface area (TPSA) is 148 Å². The molecule has 10 atom stereocenters. The Labute approximate surface area is 659 Å². The molecule has 19 rings (SSSR count). The first-order chi connectivity index (χ1) is 53.6. The third-order valence-electron chi connectivity index (χ3n) is 24.1. The zero-order valence-electron chi connectivity index (χ0n) is 60.5. The highest BCUT2D eigenvalue weighted by Crippen LogP contribution is 2.69. The Balaban J connectivity index is 0.000000149. The van der Waals surface area contributed by atoms with Gasteiger partial charge < -0.3 is 20.3 Å². The SMILES string of the molecule is CN1C[C@@H](c2ccccc2)[C@@]2(CN(Cc3ccccc3)C[C@]3(ON=C(c4c(Cl)cccc4Cl)[C@H]3c3ccccc3)C2=O)[C@@]12C(=O)Nc1ccccc12.CN1C[C@H](c2ccccc2)[C@]2(CN(Cc3ccccc3)C[C@@]3(ON=C(c4c(Cl)cccc4Cl)[C@@H]3c3ccccc3)C2=O)[C@]12C(=O)Nc1ccccc12.c1ccccc1. The third-order valence-corrected chi connectivity index (χ3v) is 25.4. The maximum atomic E-state index is 16.7. The number of likely N-dealkylation sites (N-methyl/N-ethyl adjacent to an activating group) is 2. The van der Waals surface area contributed by atoms with Crippen LogP contribution in [0.25, 0.3) is 0 Å². The second-order valence-corrected chi connectivity index (χ2v) is 31.5. The Morgan fingerprint density at radius 3 is 0.991 bits per heavy atom. The highest BCUT2D eigenvalue weighted by molar-refractivity contribution is 6.42. The minimum absolute atomic E-state index is 0.162. The second-order valence-electron chi connectivity index (χ2n) is 29.9. The highest BCUT2D eigenvalue weighted by atomic mass is 35.5. The fourth-order valence-corrected chi connectivity index (χ4v) is 21.2. The van der Waals surface area contributed by atoms with Crippen LogP contribution in [-0.2, 0) is 53.0 Å². The van der Waals surface area contributed by atoms with Crippen molar-refractivity contribution in [1.82, 2.24) is 19.6 Å². The summed E-state index contributed by atoms with van der Waals surface area (Å²) in [5.74, 6) is -2.93. The number of carbonyl (C=O) groups excluding carboxylic acids is 4. The molecule has 11 aromatic carbocycles. The van der Waals surface area contributed by atoms with E-state index in [-0.39, 0.29) is 48.3 Å². The summed E-state index contributed by atoms with van der Waals surface area (Å²) in [4.78, 5) is 85.7. The Morgan fingerprint density at radius 2 is 0.655 bits per heavy atom. The van der Waals surface area contributed by atoms with Gasteiger partial charge in [-0.25, -0.2) is 0 Å². The molecular weight excluding hydrogens is 1450 g/mol. The van der Waals surface area contributed by atoms with Gasteiger partial charge in [-0.2, -0.15) is 0 Å². The van der Waals surface area contributed by atoms with E-state index in [0.717, 1.165) is 44.5 Å². The van der Waals surface area contributed by atoms with Crippen LogP contribution in [0.15, 0.2) is 314 Å². The number of carbonyl (C=O) groups is 4. The van der Waals surface area contributed by atoms with Crippen molar-refractivity contribution in [2.45, 2.75) is 59.0 Å². The monoisotopic (exact) mass is 1530 g/mol. The van der Waals surface area contributed by atoms with E-state index in [9.17, 15) is 0 Å². The molecule has 8 aliphatic heterocycles. The van der Waals surface area contributed by atoms with Crippen LogP contribution in [-0.4, -0.2) is 119 Å². The van der Waals surface area contributed by atoms with Crippen LogP contribution in [0.3, 0.4) is 0 Å². The minimum atomic E-state index is -1.56. The summed E-state index contributed by atoms with van der Waals surface area (Å²) in [5, 5.41) is 17.6. The lowest BCUT2D eigenvalue weighted by molar-refractivity contribution is -0.180. The van der Waals surface area contributed by atoms with Crippen LogP contribution >= 0.6 is 46.4 Å². The lowest BCUT2D eigenvalue weighted by Crippen LogP contribution is -2.73. The summed E-state index contributed by atoms with van der Waals surface area (Å²) in [5.41, 5.74) is 2.32. The maximum Gasteiger partial charge on any atom is 0.250 e. The summed E-state index contributed by atoms with van der Waals surface area (Å²) in [6.45, 7) is 3.04. The molecule has 0 aromatic heterocycles. The number of nitrogens with zero attached hydrogens (tertiary/aromatic N) is 6. The minimum Gasteiger partial charge on any atom is -0.378 e. The van der Waals surface area contributed by atoms with E-state index in [1.54, 1.807) is 36.4 Å². The quantitative estimate of drug-likeness (QED) is 0.136. The number of nitrogens with one attached hydrogen (secondary N) is 2. The van der Waals surface area contributed by atoms with Crippen molar-refractivity contribution in [2.24, 2.45) is 21.1 Å². The lowest BCUT2D eigenvalue weighted by atomic mass is 9.52. The summed E-state index contributed by atoms with van der Waals surface area (Å²) in [6.07, 6.45) is 0. The van der Waals surface area contributed by atoms with Crippen molar-refractivity contribution in [1.29, 1.82) is 0 Å². The first kappa shape index (κ1) is 72.5. The van der Waals surface area contributed by atoms with E-state index < -0.39 is 44.9 Å². The largest absolute Gasteiger partial charge is 0.378 e. The smallest absolute Gasteiger partial charge is 0.250 e. The van der Waals surface area contributed by atoms with Gasteiger partial charge in [0.05, 0.1) is 42.8 Å². The molecule has 0 saturated carbocycles. The number of benzene rings is 11. The number of amides is 2. The van der Waals surface area contributed by atoms with E-state index >= 15 is 19.2 Å². The van der Waals surface area contributed by atoms with Crippen molar-refractivity contribution in [3.8, 4) is 0 Å². The number of oxime groups is 2. The molecule has 0 aliphatic carbocycles. The number of ketones is 2. The zero-order valence-corrected chi connectivity index (χ0v) is 63.5. The number of piperidine rings is 2. The number of halogens is 4. The summed E-state index contributed by atoms with van der Waals surface area (Å²) >= 11 is 27.6. The molecule has 550 valence electrons. The summed E-state index contributed by atoms with van der Waals surface area (Å²) in [6, 6.07) is 98.6. The average Bonchev–Trinajstić information content (AvgIpc) is 1.48. The Hall–Kier alpha value is -10.4. The molecule has 4 fully saturated rings. The average molecular weight is 1530 g/mol. The molecular formula is C92H78Cl4N8O6. The van der Waals surface area contributed by atoms with Crippen molar-refractivity contribution >= 4 is 92.6 Å². The van der Waals surface area contributed by atoms with Gasteiger partial charge in [0.2, 0.25) is 11.2 Å². The molecule has 2 amide bonds. The molecule has 8 heterocycles. The van der Waals surface area contributed by atoms with Gasteiger partial charge in [-0.15, -0.1) is 0 Å². The molecule has 6 spiro atoms. The fraction of sp³-hybridized carbons (Fsp3) is 0.217. The Kier molecular flexibility index (Phi) is 19.2. The summed E-state index contributed by atoms with van der Waals surface area (Å²) < 4.78 is 0. The van der Waals surface area contributed by atoms with Crippen molar-refractivity contribution < 1.29 is 28.9 Å². The van der Waals surface area contributed by atoms with Crippen LogP contribution in [0.1, 0.15) is 79.3 Å². The Bertz CT molecular complexity index is 5000. The van der Waals surface area contributed by atoms with Gasteiger partial charge in [-0.3, -0.25) is 38.8 Å². The number of anilines is 2. The van der Waals surface area contributed by atoms with E-state index in [1.165, 1.54) is 0 Å². The number of hydrogen-bond donors (Lipinski definition) is 2. The van der Waals surface area contributed by atoms with Crippen LogP contribution in [0.2, 0.25) is 20.1 Å². The number of likely N-dealkylation sites (tertiary alicyclic amines) is 4. The molecule has 2 N–H and O–H groups in total. The molecule has 11 aromatic rings. The number of hydrogen-bond acceptors (Lipinski definition) is 12. The van der Waals surface area contributed by atoms with Crippen LogP contribution < -0.4 is 10.6 Å². The predicted octanol–water partition coefficient (Wildman–Crippen LogP) is 17.5. The van der Waals surface area contributed by atoms with Crippen LogP contribution in [0, 0.1) is 10.8 Å². The zero-order chi connectivity index (χ0) is 75.6. The second kappa shape index (κ2) is 29.1. The Morgan fingerprint density at radius 1 is 0.364 bits per heavy atom. The van der Waals surface area contributed by atoms with Gasteiger partial charge >= 0.3 is 0 Å². The van der Waals surface area contributed by atoms with Gasteiger partial charge in [0.1, 0.15) is 22.5 Å². The molecule has 0 radical (unpaired) electrons. The molecule has 4 saturated heterocycles. The number of fused-ring (bicyclic) bond motifs is 6. The predicted molar refractivity (Wildman–Crippen MR) is 434 cm³/mol. The molecule has 0 unspecified atom stereocenters. The number of rotatable bonds is 10. The molecule has 0 bridgehead atoms. The number of para-hydroxylation sites is 2. The fourth-order valence-electron chi connectivity index (χ4n) is 20.0. The van der Waals surface area contributed by atoms with E-state index in [0.29, 0.717) is 93.3 Å². The van der Waals surface area contributed by atoms with Gasteiger partial charge in [0, 0.05) is 97.8 Å². The van der Waals surface area contributed by atoms with Crippen molar-refractivity contribution in [3.05, 3.63) is 379 Å². The van der Waals surface area contributed by atoms with Gasteiger partial charge in [-0.1, -0.05) is 324 Å². The van der Waals surface area contributed by atoms with Gasteiger partial charge in [-0.05, 0) is 83.9 Å². The normalized spacial score (nSPS) is 27.2.